The third kappa shape index (κ3) is 3.20. The van der Waals surface area contributed by atoms with E-state index in [-0.39, 0.29) is 12.0 Å². The average molecular weight is 383 g/mol. The molecule has 0 amide bonds. The Hall–Kier alpha value is -2.42. The van der Waals surface area contributed by atoms with Crippen LogP contribution in [0.2, 0.25) is 0 Å². The number of nitrogen functional groups attached to an aromatic ring is 1. The highest BCUT2D eigenvalue weighted by atomic mass is 32.2. The van der Waals surface area contributed by atoms with E-state index in [0.717, 1.165) is 0 Å². The highest BCUT2D eigenvalue weighted by Gasteiger charge is 2.43. The number of fused-ring (bicyclic) bond motifs is 1. The molecule has 3 N–H and O–H groups in total. The number of nitrogens with two attached hydrogens (primary N) is 1. The summed E-state index contributed by atoms with van der Waals surface area (Å²) in [7, 11) is 0. The zero-order chi connectivity index (χ0) is 19.0. The summed E-state index contributed by atoms with van der Waals surface area (Å²) in [5, 5.41) is 10.8. The SMILES string of the molecule is C=C[C@@H]1[C@H](O)[C@@H](CSc2ccccc2C)O[C@H]1n1cnc2c(N)ncnc21. The minimum atomic E-state index is -0.666. The predicted octanol–water partition coefficient (Wildman–Crippen LogP) is 2.57. The van der Waals surface area contributed by atoms with Crippen LogP contribution in [0.1, 0.15) is 11.8 Å². The first-order chi connectivity index (χ1) is 13.1. The molecule has 0 saturated carbocycles. The molecule has 3 heterocycles. The molecule has 0 bridgehead atoms. The van der Waals surface area contributed by atoms with Crippen LogP contribution in [0.5, 0.6) is 0 Å². The van der Waals surface area contributed by atoms with Crippen molar-refractivity contribution >= 4 is 28.7 Å². The van der Waals surface area contributed by atoms with E-state index in [1.165, 1.54) is 16.8 Å². The van der Waals surface area contributed by atoms with Crippen molar-refractivity contribution in [2.24, 2.45) is 5.92 Å². The molecule has 1 aliphatic heterocycles. The molecule has 0 aliphatic carbocycles. The van der Waals surface area contributed by atoms with Gasteiger partial charge >= 0.3 is 0 Å². The Morgan fingerprint density at radius 3 is 2.93 bits per heavy atom. The van der Waals surface area contributed by atoms with Gasteiger partial charge in [-0.15, -0.1) is 18.3 Å². The topological polar surface area (TPSA) is 99.1 Å². The number of anilines is 1. The summed E-state index contributed by atoms with van der Waals surface area (Å²) in [5.41, 5.74) is 8.19. The number of aromatic nitrogens is 4. The quantitative estimate of drug-likeness (QED) is 0.516. The van der Waals surface area contributed by atoms with E-state index in [2.05, 4.69) is 40.6 Å². The Morgan fingerprint density at radius 1 is 1.33 bits per heavy atom. The smallest absolute Gasteiger partial charge is 0.167 e. The van der Waals surface area contributed by atoms with Crippen molar-refractivity contribution in [2.75, 3.05) is 11.5 Å². The van der Waals surface area contributed by atoms with Crippen LogP contribution in [0.25, 0.3) is 11.2 Å². The summed E-state index contributed by atoms with van der Waals surface area (Å²) in [5.74, 6) is 0.677. The van der Waals surface area contributed by atoms with Gasteiger partial charge < -0.3 is 15.6 Å². The molecule has 4 rings (SSSR count). The van der Waals surface area contributed by atoms with Crippen LogP contribution in [-0.4, -0.2) is 42.6 Å². The predicted molar refractivity (Wildman–Crippen MR) is 105 cm³/mol. The van der Waals surface area contributed by atoms with Crippen molar-refractivity contribution in [1.29, 1.82) is 0 Å². The first-order valence-electron chi connectivity index (χ1n) is 8.67. The lowest BCUT2D eigenvalue weighted by atomic mass is 10.0. The van der Waals surface area contributed by atoms with Gasteiger partial charge in [-0.2, -0.15) is 0 Å². The molecule has 140 valence electrons. The maximum atomic E-state index is 10.8. The number of aliphatic hydroxyl groups excluding tert-OH is 1. The number of imidazole rings is 1. The maximum absolute atomic E-state index is 10.8. The number of hydrogen-bond donors (Lipinski definition) is 2. The Bertz CT molecular complexity index is 976. The zero-order valence-corrected chi connectivity index (χ0v) is 15.7. The second kappa shape index (κ2) is 7.30. The molecule has 8 heteroatoms. The van der Waals surface area contributed by atoms with E-state index in [0.29, 0.717) is 22.7 Å². The van der Waals surface area contributed by atoms with Gasteiger partial charge in [0.25, 0.3) is 0 Å². The lowest BCUT2D eigenvalue weighted by molar-refractivity contribution is -0.00626. The summed E-state index contributed by atoms with van der Waals surface area (Å²) in [6.07, 6.45) is 3.31. The van der Waals surface area contributed by atoms with Gasteiger partial charge in [-0.05, 0) is 18.6 Å². The number of thioether (sulfide) groups is 1. The third-order valence-electron chi connectivity index (χ3n) is 4.85. The van der Waals surface area contributed by atoms with Gasteiger partial charge in [0, 0.05) is 10.6 Å². The first-order valence-corrected chi connectivity index (χ1v) is 9.66. The van der Waals surface area contributed by atoms with Crippen LogP contribution in [0.15, 0.2) is 54.5 Å². The number of aliphatic hydroxyl groups is 1. The van der Waals surface area contributed by atoms with Gasteiger partial charge in [-0.25, -0.2) is 15.0 Å². The first kappa shape index (κ1) is 18.0. The Morgan fingerprint density at radius 2 is 2.15 bits per heavy atom. The van der Waals surface area contributed by atoms with Crippen LogP contribution in [0.4, 0.5) is 5.82 Å². The lowest BCUT2D eigenvalue weighted by Crippen LogP contribution is -2.27. The van der Waals surface area contributed by atoms with E-state index in [4.69, 9.17) is 10.5 Å². The van der Waals surface area contributed by atoms with E-state index in [9.17, 15) is 5.11 Å². The van der Waals surface area contributed by atoms with Gasteiger partial charge in [-0.3, -0.25) is 4.57 Å². The van der Waals surface area contributed by atoms with E-state index >= 15 is 0 Å². The van der Waals surface area contributed by atoms with Crippen molar-refractivity contribution < 1.29 is 9.84 Å². The van der Waals surface area contributed by atoms with Gasteiger partial charge in [0.2, 0.25) is 0 Å². The molecule has 1 saturated heterocycles. The van der Waals surface area contributed by atoms with Crippen molar-refractivity contribution in [2.45, 2.75) is 30.3 Å². The normalized spacial score (nSPS) is 25.1. The van der Waals surface area contributed by atoms with Gasteiger partial charge in [0.05, 0.1) is 24.5 Å². The molecule has 4 atom stereocenters. The van der Waals surface area contributed by atoms with Crippen LogP contribution in [-0.2, 0) is 4.74 Å². The molecule has 7 nitrogen and oxygen atoms in total. The van der Waals surface area contributed by atoms with Gasteiger partial charge in [-0.1, -0.05) is 24.3 Å². The van der Waals surface area contributed by atoms with Crippen LogP contribution >= 0.6 is 11.8 Å². The molecular formula is C19H21N5O2S. The molecule has 3 aromatic rings. The maximum Gasteiger partial charge on any atom is 0.167 e. The summed E-state index contributed by atoms with van der Waals surface area (Å²) >= 11 is 1.68. The van der Waals surface area contributed by atoms with Crippen molar-refractivity contribution in [1.82, 2.24) is 19.5 Å². The molecule has 0 radical (unpaired) electrons. The largest absolute Gasteiger partial charge is 0.390 e. The summed E-state index contributed by atoms with van der Waals surface area (Å²) in [6.45, 7) is 5.95. The zero-order valence-electron chi connectivity index (χ0n) is 14.9. The Kier molecular flexibility index (Phi) is 4.86. The minimum absolute atomic E-state index is 0.277. The lowest BCUT2D eigenvalue weighted by Gasteiger charge is -2.18. The number of rotatable bonds is 5. The molecule has 1 fully saturated rings. The highest BCUT2D eigenvalue weighted by molar-refractivity contribution is 7.99. The second-order valence-corrected chi connectivity index (χ2v) is 7.59. The molecule has 0 spiro atoms. The third-order valence-corrected chi connectivity index (χ3v) is 6.11. The van der Waals surface area contributed by atoms with Gasteiger partial charge in [0.15, 0.2) is 11.5 Å². The number of ether oxygens (including phenoxy) is 1. The average Bonchev–Trinajstić information content (AvgIpc) is 3.23. The number of benzene rings is 1. The molecular weight excluding hydrogens is 362 g/mol. The highest BCUT2D eigenvalue weighted by Crippen LogP contribution is 2.39. The molecule has 27 heavy (non-hydrogen) atoms. The number of aryl methyl sites for hydroxylation is 1. The van der Waals surface area contributed by atoms with E-state index in [1.54, 1.807) is 28.7 Å². The van der Waals surface area contributed by atoms with Crippen LogP contribution in [0, 0.1) is 12.8 Å². The number of nitrogens with zero attached hydrogens (tertiary/aromatic N) is 4. The minimum Gasteiger partial charge on any atom is -0.390 e. The monoisotopic (exact) mass is 383 g/mol. The van der Waals surface area contributed by atoms with Crippen molar-refractivity contribution in [3.8, 4) is 0 Å². The van der Waals surface area contributed by atoms with Gasteiger partial charge in [0.1, 0.15) is 18.1 Å². The molecule has 1 aromatic carbocycles. The summed E-state index contributed by atoms with van der Waals surface area (Å²) in [4.78, 5) is 13.7. The van der Waals surface area contributed by atoms with Crippen LogP contribution < -0.4 is 5.73 Å². The van der Waals surface area contributed by atoms with E-state index in [1.807, 2.05) is 12.1 Å². The second-order valence-electron chi connectivity index (χ2n) is 6.53. The Labute approximate surface area is 161 Å². The van der Waals surface area contributed by atoms with Crippen LogP contribution in [0.3, 0.4) is 0 Å². The van der Waals surface area contributed by atoms with Crippen molar-refractivity contribution in [3.63, 3.8) is 0 Å². The summed E-state index contributed by atoms with van der Waals surface area (Å²) < 4.78 is 8.00. The fourth-order valence-electron chi connectivity index (χ4n) is 3.36. The fraction of sp³-hybridized carbons (Fsp3) is 0.316. The van der Waals surface area contributed by atoms with Crippen molar-refractivity contribution in [3.05, 3.63) is 55.1 Å². The Balaban J connectivity index is 1.58. The number of hydrogen-bond acceptors (Lipinski definition) is 7. The molecule has 1 aliphatic rings. The van der Waals surface area contributed by atoms with E-state index < -0.39 is 12.3 Å². The standard InChI is InChI=1S/C19H21N5O2S/c1-3-12-16(25)13(8-27-14-7-5-4-6-11(14)2)26-19(12)24-10-23-15-17(20)21-9-22-18(15)24/h3-7,9-10,12-13,16,19,25H,1,8H2,2H3,(H2,20,21,22)/t12-,13-,16+,19-/m1/s1. The summed E-state index contributed by atoms with van der Waals surface area (Å²) in [6, 6.07) is 8.18. The fourth-order valence-corrected chi connectivity index (χ4v) is 4.45. The molecule has 2 aromatic heterocycles. The molecule has 0 unspecified atom stereocenters.